The number of nitrogens with two attached hydrogens (primary N) is 1. The van der Waals surface area contributed by atoms with Crippen molar-refractivity contribution >= 4 is 22.2 Å². The van der Waals surface area contributed by atoms with Crippen molar-refractivity contribution in [3.63, 3.8) is 0 Å². The Labute approximate surface area is 123 Å². The first kappa shape index (κ1) is 13.4. The molecule has 5 heteroatoms. The molecule has 0 amide bonds. The van der Waals surface area contributed by atoms with E-state index in [9.17, 15) is 0 Å². The Balaban J connectivity index is 1.56. The second-order valence-corrected chi connectivity index (χ2v) is 6.12. The Hall–Kier alpha value is -1.59. The maximum Gasteiger partial charge on any atom is 0.185 e. The molecule has 1 saturated heterocycles. The van der Waals surface area contributed by atoms with E-state index in [0.29, 0.717) is 0 Å². The molecule has 0 saturated carbocycles. The summed E-state index contributed by atoms with van der Waals surface area (Å²) in [5, 5.41) is 3.28. The van der Waals surface area contributed by atoms with Gasteiger partial charge in [-0.2, -0.15) is 0 Å². The zero-order valence-electron chi connectivity index (χ0n) is 11.7. The van der Waals surface area contributed by atoms with Crippen LogP contribution >= 0.6 is 11.3 Å². The first-order valence-corrected chi connectivity index (χ1v) is 7.82. The van der Waals surface area contributed by atoms with Gasteiger partial charge in [-0.1, -0.05) is 12.1 Å². The lowest BCUT2D eigenvalue weighted by Crippen LogP contribution is -2.45. The molecule has 3 rings (SSSR count). The fourth-order valence-electron chi connectivity index (χ4n) is 2.53. The summed E-state index contributed by atoms with van der Waals surface area (Å²) in [5.74, 6) is 0. The Bertz CT molecular complexity index is 573. The lowest BCUT2D eigenvalue weighted by molar-refractivity contribution is 0.250. The highest BCUT2D eigenvalue weighted by molar-refractivity contribution is 7.13. The highest BCUT2D eigenvalue weighted by Gasteiger charge is 2.19. The minimum atomic E-state index is 0.847. The van der Waals surface area contributed by atoms with Gasteiger partial charge in [-0.05, 0) is 24.6 Å². The van der Waals surface area contributed by atoms with E-state index in [-0.39, 0.29) is 0 Å². The summed E-state index contributed by atoms with van der Waals surface area (Å²) in [6.07, 6.45) is 0. The van der Waals surface area contributed by atoms with Gasteiger partial charge < -0.3 is 10.6 Å². The lowest BCUT2D eigenvalue weighted by Gasteiger charge is -2.34. The smallest absolute Gasteiger partial charge is 0.185 e. The molecule has 0 atom stereocenters. The van der Waals surface area contributed by atoms with Crippen molar-refractivity contribution in [2.75, 3.05) is 36.8 Å². The fourth-order valence-corrected chi connectivity index (χ4v) is 3.39. The van der Waals surface area contributed by atoms with Crippen LogP contribution in [0, 0.1) is 6.92 Å². The van der Waals surface area contributed by atoms with Crippen molar-refractivity contribution in [3.05, 3.63) is 40.9 Å². The summed E-state index contributed by atoms with van der Waals surface area (Å²) >= 11 is 1.74. The van der Waals surface area contributed by atoms with Crippen molar-refractivity contribution in [2.24, 2.45) is 0 Å². The Morgan fingerprint density at radius 1 is 1.25 bits per heavy atom. The normalized spacial score (nSPS) is 16.6. The third-order valence-electron chi connectivity index (χ3n) is 3.61. The molecule has 2 N–H and O–H groups in total. The third-order valence-corrected chi connectivity index (χ3v) is 4.63. The maximum atomic E-state index is 5.83. The molecule has 1 aliphatic rings. The first-order chi connectivity index (χ1) is 9.70. The number of rotatable bonds is 3. The number of nitrogens with zero attached hydrogens (tertiary/aromatic N) is 3. The number of benzene rings is 1. The topological polar surface area (TPSA) is 45.4 Å². The molecule has 0 bridgehead atoms. The van der Waals surface area contributed by atoms with Gasteiger partial charge in [0.15, 0.2) is 5.13 Å². The van der Waals surface area contributed by atoms with Crippen LogP contribution in [0.1, 0.15) is 11.3 Å². The van der Waals surface area contributed by atoms with Crippen molar-refractivity contribution in [3.8, 4) is 0 Å². The highest BCUT2D eigenvalue weighted by atomic mass is 32.1. The Morgan fingerprint density at radius 2 is 2.05 bits per heavy atom. The van der Waals surface area contributed by atoms with E-state index < -0.39 is 0 Å². The van der Waals surface area contributed by atoms with Gasteiger partial charge in [-0.3, -0.25) is 4.90 Å². The molecule has 0 spiro atoms. The first-order valence-electron chi connectivity index (χ1n) is 6.94. The van der Waals surface area contributed by atoms with E-state index >= 15 is 0 Å². The summed E-state index contributed by atoms with van der Waals surface area (Å²) in [4.78, 5) is 9.42. The van der Waals surface area contributed by atoms with Crippen LogP contribution in [0.4, 0.5) is 10.8 Å². The summed E-state index contributed by atoms with van der Waals surface area (Å²) < 4.78 is 0. The number of aryl methyl sites for hydroxylation is 1. The lowest BCUT2D eigenvalue weighted by atomic mass is 10.2. The van der Waals surface area contributed by atoms with E-state index in [1.54, 1.807) is 11.3 Å². The van der Waals surface area contributed by atoms with Crippen LogP contribution in [-0.2, 0) is 6.54 Å². The molecule has 1 fully saturated rings. The molecular formula is C15H20N4S. The highest BCUT2D eigenvalue weighted by Crippen LogP contribution is 2.22. The van der Waals surface area contributed by atoms with Crippen molar-refractivity contribution in [2.45, 2.75) is 13.5 Å². The van der Waals surface area contributed by atoms with Gasteiger partial charge in [0, 0.05) is 43.8 Å². The number of thiazole rings is 1. The molecule has 106 valence electrons. The molecule has 0 unspecified atom stereocenters. The average molecular weight is 288 g/mol. The molecule has 4 nitrogen and oxygen atoms in total. The quantitative estimate of drug-likeness (QED) is 0.881. The summed E-state index contributed by atoms with van der Waals surface area (Å²) in [7, 11) is 0. The molecule has 1 aromatic heterocycles. The number of anilines is 2. The zero-order chi connectivity index (χ0) is 13.9. The predicted molar refractivity (Wildman–Crippen MR) is 85.2 cm³/mol. The van der Waals surface area contributed by atoms with Crippen LogP contribution in [0.15, 0.2) is 29.6 Å². The van der Waals surface area contributed by atoms with Gasteiger partial charge in [0.25, 0.3) is 0 Å². The van der Waals surface area contributed by atoms with Crippen molar-refractivity contribution < 1.29 is 0 Å². The maximum absolute atomic E-state index is 5.83. The molecule has 1 aliphatic heterocycles. The van der Waals surface area contributed by atoms with E-state index in [2.05, 4.69) is 39.2 Å². The van der Waals surface area contributed by atoms with Crippen molar-refractivity contribution in [1.82, 2.24) is 9.88 Å². The minimum Gasteiger partial charge on any atom is -0.399 e. The minimum absolute atomic E-state index is 0.847. The van der Waals surface area contributed by atoms with Crippen LogP contribution < -0.4 is 10.6 Å². The molecule has 2 heterocycles. The molecular weight excluding hydrogens is 268 g/mol. The van der Waals surface area contributed by atoms with Crippen LogP contribution in [0.25, 0.3) is 0 Å². The standard InChI is InChI=1S/C15H20N4S/c1-12-11-20-15(17-12)19-7-5-18(6-8-19)10-13-3-2-4-14(16)9-13/h2-4,9,11H,5-8,10,16H2,1H3. The van der Waals surface area contributed by atoms with Crippen LogP contribution in [0.3, 0.4) is 0 Å². The van der Waals surface area contributed by atoms with Gasteiger partial charge in [0.05, 0.1) is 5.69 Å². The molecule has 1 aromatic carbocycles. The number of aromatic nitrogens is 1. The summed E-state index contributed by atoms with van der Waals surface area (Å²) in [6.45, 7) is 7.29. The second kappa shape index (κ2) is 5.81. The van der Waals surface area contributed by atoms with E-state index in [0.717, 1.165) is 49.2 Å². The van der Waals surface area contributed by atoms with Gasteiger partial charge in [0.1, 0.15) is 0 Å². The SMILES string of the molecule is Cc1csc(N2CCN(Cc3cccc(N)c3)CC2)n1. The van der Waals surface area contributed by atoms with E-state index in [4.69, 9.17) is 5.73 Å². The number of piperazine rings is 1. The number of nitrogen functional groups attached to an aromatic ring is 1. The Morgan fingerprint density at radius 3 is 2.70 bits per heavy atom. The van der Waals surface area contributed by atoms with Gasteiger partial charge >= 0.3 is 0 Å². The summed E-state index contributed by atoms with van der Waals surface area (Å²) in [5.41, 5.74) is 9.09. The molecule has 0 aliphatic carbocycles. The van der Waals surface area contributed by atoms with Crippen LogP contribution in [-0.4, -0.2) is 36.1 Å². The molecule has 0 radical (unpaired) electrons. The van der Waals surface area contributed by atoms with E-state index in [1.165, 1.54) is 5.56 Å². The Kier molecular flexibility index (Phi) is 3.89. The zero-order valence-corrected chi connectivity index (χ0v) is 12.6. The predicted octanol–water partition coefficient (Wildman–Crippen LogP) is 2.36. The van der Waals surface area contributed by atoms with Gasteiger partial charge in [0.2, 0.25) is 0 Å². The monoisotopic (exact) mass is 288 g/mol. The molecule has 20 heavy (non-hydrogen) atoms. The molecule has 2 aromatic rings. The summed E-state index contributed by atoms with van der Waals surface area (Å²) in [6, 6.07) is 8.18. The van der Waals surface area contributed by atoms with Gasteiger partial charge in [-0.15, -0.1) is 11.3 Å². The van der Waals surface area contributed by atoms with Crippen molar-refractivity contribution in [1.29, 1.82) is 0 Å². The largest absolute Gasteiger partial charge is 0.399 e. The fraction of sp³-hybridized carbons (Fsp3) is 0.400. The second-order valence-electron chi connectivity index (χ2n) is 5.28. The van der Waals surface area contributed by atoms with Gasteiger partial charge in [-0.25, -0.2) is 4.98 Å². The third kappa shape index (κ3) is 3.11. The van der Waals surface area contributed by atoms with Crippen LogP contribution in [0.2, 0.25) is 0 Å². The average Bonchev–Trinajstić information content (AvgIpc) is 2.86. The van der Waals surface area contributed by atoms with E-state index in [1.807, 2.05) is 12.1 Å². The van der Waals surface area contributed by atoms with Crippen LogP contribution in [0.5, 0.6) is 0 Å². The number of hydrogen-bond donors (Lipinski definition) is 1. The number of hydrogen-bond acceptors (Lipinski definition) is 5.